The Morgan fingerprint density at radius 2 is 1.83 bits per heavy atom. The first-order valence-corrected chi connectivity index (χ1v) is 12.1. The van der Waals surface area contributed by atoms with E-state index in [-0.39, 0.29) is 18.2 Å². The molecule has 10 heteroatoms. The lowest BCUT2D eigenvalue weighted by atomic mass is 9.94. The number of aliphatic imine (C=N–C) groups is 1. The Bertz CT molecular complexity index is 1180. The number of alkyl halides is 3. The van der Waals surface area contributed by atoms with Gasteiger partial charge in [0.1, 0.15) is 0 Å². The molecule has 1 amide bonds. The maximum atomic E-state index is 12.8. The van der Waals surface area contributed by atoms with Crippen molar-refractivity contribution in [3.05, 3.63) is 76.5 Å². The lowest BCUT2D eigenvalue weighted by molar-refractivity contribution is -0.139. The Kier molecular flexibility index (Phi) is 7.20. The van der Waals surface area contributed by atoms with E-state index in [1.165, 1.54) is 0 Å². The number of carbonyl (C=O) groups is 2. The number of allylic oxidation sites excluding steroid dienone is 1. The molecular formula is C25H24F3N3O3S. The summed E-state index contributed by atoms with van der Waals surface area (Å²) in [6.45, 7) is 4.56. The molecular weight excluding hydrogens is 479 g/mol. The maximum absolute atomic E-state index is 12.8. The van der Waals surface area contributed by atoms with Gasteiger partial charge in [-0.25, -0.2) is 9.79 Å². The van der Waals surface area contributed by atoms with E-state index in [0.717, 1.165) is 53.7 Å². The fraction of sp³-hybridized carbons (Fsp3) is 0.320. The number of esters is 1. The zero-order chi connectivity index (χ0) is 25.2. The first-order chi connectivity index (χ1) is 16.7. The summed E-state index contributed by atoms with van der Waals surface area (Å²) in [5.41, 5.74) is 1.73. The van der Waals surface area contributed by atoms with Gasteiger partial charge >= 0.3 is 12.1 Å². The van der Waals surface area contributed by atoms with Crippen LogP contribution in [0, 0.1) is 0 Å². The molecule has 0 bridgehead atoms. The van der Waals surface area contributed by atoms with Crippen molar-refractivity contribution < 1.29 is 27.5 Å². The molecule has 2 aliphatic heterocycles. The molecule has 1 N–H and O–H groups in total. The highest BCUT2D eigenvalue weighted by molar-refractivity contribution is 8.13. The van der Waals surface area contributed by atoms with Crippen molar-refractivity contribution in [3.63, 3.8) is 0 Å². The van der Waals surface area contributed by atoms with Gasteiger partial charge in [-0.2, -0.15) is 13.2 Å². The second-order valence-corrected chi connectivity index (χ2v) is 9.13. The number of benzene rings is 2. The average molecular weight is 504 g/mol. The minimum atomic E-state index is -4.46. The number of anilines is 1. The fourth-order valence-corrected chi connectivity index (χ4v) is 5.07. The van der Waals surface area contributed by atoms with Crippen molar-refractivity contribution in [2.75, 3.05) is 24.2 Å². The third-order valence-electron chi connectivity index (χ3n) is 5.71. The summed E-state index contributed by atoms with van der Waals surface area (Å²) >= 11 is 1.65. The number of nitrogens with zero attached hydrogens (tertiary/aromatic N) is 2. The molecule has 0 radical (unpaired) electrons. The zero-order valence-electron chi connectivity index (χ0n) is 19.2. The number of hydrogen-bond donors (Lipinski definition) is 1. The Morgan fingerprint density at radius 1 is 1.14 bits per heavy atom. The second kappa shape index (κ2) is 10.2. The SMILES string of the molecule is CCOC(=O)C1=C(C)N=C2SCCCN2[C@@H]1c1ccc(NC(=O)c2ccc(C(F)(F)F)cc2)cc1. The summed E-state index contributed by atoms with van der Waals surface area (Å²) < 4.78 is 43.6. The van der Waals surface area contributed by atoms with Crippen molar-refractivity contribution in [2.24, 2.45) is 4.99 Å². The molecule has 0 spiro atoms. The van der Waals surface area contributed by atoms with E-state index in [0.29, 0.717) is 17.0 Å². The van der Waals surface area contributed by atoms with Crippen LogP contribution in [0.3, 0.4) is 0 Å². The number of amidine groups is 1. The molecule has 2 aromatic carbocycles. The lowest BCUT2D eigenvalue weighted by Crippen LogP contribution is -2.42. The number of amides is 1. The van der Waals surface area contributed by atoms with E-state index in [2.05, 4.69) is 15.2 Å². The minimum absolute atomic E-state index is 0.115. The van der Waals surface area contributed by atoms with Gasteiger partial charge in [-0.1, -0.05) is 23.9 Å². The van der Waals surface area contributed by atoms with E-state index in [1.807, 2.05) is 12.1 Å². The van der Waals surface area contributed by atoms with Crippen LogP contribution in [0.15, 0.2) is 64.8 Å². The predicted octanol–water partition coefficient (Wildman–Crippen LogP) is 5.64. The highest BCUT2D eigenvalue weighted by Gasteiger charge is 2.37. The van der Waals surface area contributed by atoms with Gasteiger partial charge < -0.3 is 15.0 Å². The molecule has 1 saturated heterocycles. The Morgan fingerprint density at radius 3 is 2.46 bits per heavy atom. The van der Waals surface area contributed by atoms with E-state index < -0.39 is 23.6 Å². The molecule has 0 aromatic heterocycles. The molecule has 0 aliphatic carbocycles. The van der Waals surface area contributed by atoms with Crippen LogP contribution in [0.25, 0.3) is 0 Å². The molecule has 4 rings (SSSR count). The largest absolute Gasteiger partial charge is 0.463 e. The van der Waals surface area contributed by atoms with Gasteiger partial charge in [-0.3, -0.25) is 4.79 Å². The van der Waals surface area contributed by atoms with E-state index >= 15 is 0 Å². The van der Waals surface area contributed by atoms with E-state index in [1.54, 1.807) is 37.7 Å². The van der Waals surface area contributed by atoms with Crippen molar-refractivity contribution in [3.8, 4) is 0 Å². The van der Waals surface area contributed by atoms with Crippen LogP contribution in [0.2, 0.25) is 0 Å². The van der Waals surface area contributed by atoms with Crippen LogP contribution in [-0.4, -0.2) is 40.8 Å². The summed E-state index contributed by atoms with van der Waals surface area (Å²) in [4.78, 5) is 32.1. The van der Waals surface area contributed by atoms with E-state index in [4.69, 9.17) is 4.74 Å². The Hall–Kier alpha value is -3.27. The number of rotatable bonds is 5. The fourth-order valence-electron chi connectivity index (χ4n) is 4.05. The van der Waals surface area contributed by atoms with Crippen LogP contribution < -0.4 is 5.32 Å². The highest BCUT2D eigenvalue weighted by Crippen LogP contribution is 2.40. The van der Waals surface area contributed by atoms with Crippen LogP contribution in [-0.2, 0) is 15.7 Å². The monoisotopic (exact) mass is 503 g/mol. The lowest BCUT2D eigenvalue weighted by Gasteiger charge is -2.40. The van der Waals surface area contributed by atoms with Crippen molar-refractivity contribution in [2.45, 2.75) is 32.5 Å². The van der Waals surface area contributed by atoms with E-state index in [9.17, 15) is 22.8 Å². The number of thioether (sulfide) groups is 1. The second-order valence-electron chi connectivity index (χ2n) is 8.06. The third kappa shape index (κ3) is 5.37. The molecule has 2 aliphatic rings. The molecule has 1 fully saturated rings. The molecule has 2 heterocycles. The Balaban J connectivity index is 1.56. The minimum Gasteiger partial charge on any atom is -0.463 e. The van der Waals surface area contributed by atoms with Gasteiger partial charge in [0.05, 0.1) is 29.5 Å². The van der Waals surface area contributed by atoms with Crippen LogP contribution >= 0.6 is 11.8 Å². The number of hydrogen-bond acceptors (Lipinski definition) is 6. The number of ether oxygens (including phenoxy) is 1. The third-order valence-corrected chi connectivity index (χ3v) is 6.79. The molecule has 184 valence electrons. The van der Waals surface area contributed by atoms with Gasteiger partial charge in [0.25, 0.3) is 5.91 Å². The molecule has 0 unspecified atom stereocenters. The van der Waals surface area contributed by atoms with Crippen LogP contribution in [0.1, 0.15) is 47.8 Å². The van der Waals surface area contributed by atoms with Gasteiger partial charge in [0.15, 0.2) is 5.17 Å². The van der Waals surface area contributed by atoms with Gasteiger partial charge in [-0.15, -0.1) is 0 Å². The average Bonchev–Trinajstić information content (AvgIpc) is 2.83. The molecule has 35 heavy (non-hydrogen) atoms. The first kappa shape index (κ1) is 24.8. The summed E-state index contributed by atoms with van der Waals surface area (Å²) in [6, 6.07) is 10.7. The molecule has 6 nitrogen and oxygen atoms in total. The van der Waals surface area contributed by atoms with Gasteiger partial charge in [0.2, 0.25) is 0 Å². The standard InChI is InChI=1S/C25H24F3N3O3S/c1-3-34-23(33)20-15(2)29-24-31(13-4-14-35-24)21(20)16-7-11-19(12-8-16)30-22(32)17-5-9-18(10-6-17)25(26,27)28/h5-12,21H,3-4,13-14H2,1-2H3,(H,30,32)/t21-/m1/s1. The highest BCUT2D eigenvalue weighted by atomic mass is 32.2. The maximum Gasteiger partial charge on any atom is 0.416 e. The topological polar surface area (TPSA) is 71.0 Å². The smallest absolute Gasteiger partial charge is 0.416 e. The van der Waals surface area contributed by atoms with Crippen LogP contribution in [0.4, 0.5) is 18.9 Å². The quantitative estimate of drug-likeness (QED) is 0.535. The molecule has 0 saturated carbocycles. The summed E-state index contributed by atoms with van der Waals surface area (Å²) in [7, 11) is 0. The van der Waals surface area contributed by atoms with Crippen LogP contribution in [0.5, 0.6) is 0 Å². The van der Waals surface area contributed by atoms with Crippen molar-refractivity contribution in [1.29, 1.82) is 0 Å². The number of fused-ring (bicyclic) bond motifs is 1. The Labute approximate surface area is 205 Å². The molecule has 1 atom stereocenters. The van der Waals surface area contributed by atoms with Gasteiger partial charge in [0, 0.05) is 23.5 Å². The zero-order valence-corrected chi connectivity index (χ0v) is 20.0. The van der Waals surface area contributed by atoms with Crippen molar-refractivity contribution >= 4 is 34.5 Å². The summed E-state index contributed by atoms with van der Waals surface area (Å²) in [6.07, 6.45) is -3.51. The number of nitrogens with one attached hydrogen (secondary N) is 1. The first-order valence-electron chi connectivity index (χ1n) is 11.1. The van der Waals surface area contributed by atoms with Gasteiger partial charge in [-0.05, 0) is 62.2 Å². The summed E-state index contributed by atoms with van der Waals surface area (Å²) in [5, 5.41) is 3.57. The molecule has 2 aromatic rings. The summed E-state index contributed by atoms with van der Waals surface area (Å²) in [5.74, 6) is 0.0286. The normalized spacial score (nSPS) is 18.0. The predicted molar refractivity (Wildman–Crippen MR) is 129 cm³/mol. The number of carbonyl (C=O) groups excluding carboxylic acids is 2. The van der Waals surface area contributed by atoms with Crippen molar-refractivity contribution in [1.82, 2.24) is 4.90 Å². The number of halogens is 3.